The van der Waals surface area contributed by atoms with Crippen molar-refractivity contribution >= 4 is 40.0 Å². The molecule has 1 aromatic carbocycles. The number of hydrogen-bond acceptors (Lipinski definition) is 4. The second kappa shape index (κ2) is 8.70. The number of benzene rings is 1. The second-order valence-corrected chi connectivity index (χ2v) is 5.31. The van der Waals surface area contributed by atoms with Gasteiger partial charge in [0.25, 0.3) is 11.8 Å². The molecule has 2 N–H and O–H groups in total. The molecule has 0 saturated heterocycles. The summed E-state index contributed by atoms with van der Waals surface area (Å²) < 4.78 is 5.61. The first-order valence-corrected chi connectivity index (χ1v) is 7.50. The molecule has 0 fully saturated rings. The van der Waals surface area contributed by atoms with Gasteiger partial charge in [0.15, 0.2) is 5.76 Å². The molecule has 7 heteroatoms. The van der Waals surface area contributed by atoms with Crippen LogP contribution in [0.2, 0.25) is 0 Å². The van der Waals surface area contributed by atoms with Crippen LogP contribution >= 0.6 is 15.9 Å². The average Bonchev–Trinajstić information content (AvgIpc) is 3.08. The van der Waals surface area contributed by atoms with Crippen molar-refractivity contribution < 1.29 is 14.0 Å². The van der Waals surface area contributed by atoms with Crippen molar-refractivity contribution in [2.45, 2.75) is 0 Å². The van der Waals surface area contributed by atoms with Crippen LogP contribution in [-0.4, -0.2) is 24.6 Å². The minimum Gasteiger partial charge on any atom is -0.459 e. The number of nitrogens with one attached hydrogen (secondary N) is 2. The standard InChI is InChI=1S/C16H14BrN3O3/c17-13(9-12-5-2-1-3-6-12)10-19-20-15(21)11-18-16(22)14-7-4-8-23-14/h1-10H,11H2,(H,18,22)(H,20,21). The Balaban J connectivity index is 1.75. The lowest BCUT2D eigenvalue weighted by atomic mass is 10.2. The molecule has 1 heterocycles. The highest BCUT2D eigenvalue weighted by atomic mass is 79.9. The first kappa shape index (κ1) is 16.7. The molecule has 0 spiro atoms. The van der Waals surface area contributed by atoms with Crippen LogP contribution in [0.15, 0.2) is 62.7 Å². The Kier molecular flexibility index (Phi) is 6.31. The summed E-state index contributed by atoms with van der Waals surface area (Å²) in [5.74, 6) is -0.754. The lowest BCUT2D eigenvalue weighted by Crippen LogP contribution is -2.34. The maximum atomic E-state index is 11.6. The zero-order valence-electron chi connectivity index (χ0n) is 12.0. The summed E-state index contributed by atoms with van der Waals surface area (Å²) >= 11 is 3.33. The first-order valence-electron chi connectivity index (χ1n) is 6.71. The number of furan rings is 1. The highest BCUT2D eigenvalue weighted by molar-refractivity contribution is 9.12. The molecule has 0 atom stereocenters. The third kappa shape index (κ3) is 5.91. The molecule has 6 nitrogen and oxygen atoms in total. The predicted molar refractivity (Wildman–Crippen MR) is 91.0 cm³/mol. The Morgan fingerprint density at radius 2 is 1.96 bits per heavy atom. The highest BCUT2D eigenvalue weighted by Gasteiger charge is 2.09. The number of amides is 2. The number of rotatable bonds is 6. The van der Waals surface area contributed by atoms with E-state index in [2.05, 4.69) is 31.8 Å². The highest BCUT2D eigenvalue weighted by Crippen LogP contribution is 2.09. The topological polar surface area (TPSA) is 83.7 Å². The fourth-order valence-electron chi connectivity index (χ4n) is 1.61. The lowest BCUT2D eigenvalue weighted by Gasteiger charge is -2.01. The van der Waals surface area contributed by atoms with Crippen molar-refractivity contribution in [1.29, 1.82) is 0 Å². The normalized spacial score (nSPS) is 11.4. The molecular formula is C16H14BrN3O3. The molecule has 118 valence electrons. The van der Waals surface area contributed by atoms with Gasteiger partial charge in [-0.05, 0) is 39.7 Å². The monoisotopic (exact) mass is 375 g/mol. The molecule has 0 bridgehead atoms. The Labute approximate surface area is 141 Å². The van der Waals surface area contributed by atoms with Gasteiger partial charge in [0, 0.05) is 4.48 Å². The molecule has 0 aliphatic carbocycles. The molecule has 23 heavy (non-hydrogen) atoms. The van der Waals surface area contributed by atoms with Gasteiger partial charge in [-0.25, -0.2) is 5.43 Å². The van der Waals surface area contributed by atoms with Gasteiger partial charge in [0.05, 0.1) is 19.0 Å². The van der Waals surface area contributed by atoms with Gasteiger partial charge in [0.2, 0.25) is 0 Å². The SMILES string of the molecule is O=C(CNC(=O)c1ccco1)NN=CC(Br)=Cc1ccccc1. The molecule has 0 saturated carbocycles. The minimum absolute atomic E-state index is 0.148. The van der Waals surface area contributed by atoms with E-state index in [4.69, 9.17) is 4.42 Å². The molecule has 0 aliphatic rings. The molecule has 0 radical (unpaired) electrons. The molecular weight excluding hydrogens is 362 g/mol. The molecule has 2 rings (SSSR count). The van der Waals surface area contributed by atoms with E-state index in [9.17, 15) is 9.59 Å². The maximum Gasteiger partial charge on any atom is 0.287 e. The van der Waals surface area contributed by atoms with E-state index >= 15 is 0 Å². The van der Waals surface area contributed by atoms with Crippen molar-refractivity contribution in [1.82, 2.24) is 10.7 Å². The fourth-order valence-corrected chi connectivity index (χ4v) is 1.97. The smallest absolute Gasteiger partial charge is 0.287 e. The van der Waals surface area contributed by atoms with Crippen LogP contribution in [-0.2, 0) is 4.79 Å². The average molecular weight is 376 g/mol. The Hall–Kier alpha value is -2.67. The Morgan fingerprint density at radius 1 is 1.17 bits per heavy atom. The number of halogens is 1. The van der Waals surface area contributed by atoms with Crippen LogP contribution in [0.1, 0.15) is 16.1 Å². The van der Waals surface area contributed by atoms with E-state index in [0.29, 0.717) is 4.48 Å². The van der Waals surface area contributed by atoms with Crippen molar-refractivity contribution in [3.8, 4) is 0 Å². The number of carbonyl (C=O) groups is 2. The molecule has 2 aromatic rings. The van der Waals surface area contributed by atoms with E-state index < -0.39 is 11.8 Å². The Bertz CT molecular complexity index is 709. The quantitative estimate of drug-likeness (QED) is 0.600. The summed E-state index contributed by atoms with van der Waals surface area (Å²) in [6.07, 6.45) is 4.70. The Morgan fingerprint density at radius 3 is 2.65 bits per heavy atom. The van der Waals surface area contributed by atoms with Gasteiger partial charge in [-0.1, -0.05) is 30.3 Å². The van der Waals surface area contributed by atoms with E-state index in [0.717, 1.165) is 5.56 Å². The van der Waals surface area contributed by atoms with Gasteiger partial charge in [0.1, 0.15) is 0 Å². The molecule has 0 aliphatic heterocycles. The van der Waals surface area contributed by atoms with Crippen LogP contribution < -0.4 is 10.7 Å². The van der Waals surface area contributed by atoms with Gasteiger partial charge in [-0.2, -0.15) is 5.10 Å². The molecule has 2 amide bonds. The predicted octanol–water partition coefficient (Wildman–Crippen LogP) is 2.55. The second-order valence-electron chi connectivity index (χ2n) is 4.39. The summed E-state index contributed by atoms with van der Waals surface area (Å²) in [4.78, 5) is 23.1. The van der Waals surface area contributed by atoms with Gasteiger partial charge < -0.3 is 9.73 Å². The molecule has 0 unspecified atom stereocenters. The van der Waals surface area contributed by atoms with Crippen LogP contribution in [0.3, 0.4) is 0 Å². The van der Waals surface area contributed by atoms with Crippen LogP contribution in [0.25, 0.3) is 6.08 Å². The van der Waals surface area contributed by atoms with Crippen LogP contribution in [0.5, 0.6) is 0 Å². The third-order valence-electron chi connectivity index (χ3n) is 2.64. The lowest BCUT2D eigenvalue weighted by molar-refractivity contribution is -0.120. The largest absolute Gasteiger partial charge is 0.459 e. The van der Waals surface area contributed by atoms with E-state index in [1.165, 1.54) is 18.5 Å². The summed E-state index contributed by atoms with van der Waals surface area (Å²) in [6, 6.07) is 12.8. The van der Waals surface area contributed by atoms with Gasteiger partial charge in [-0.15, -0.1) is 0 Å². The summed E-state index contributed by atoms with van der Waals surface area (Å²) in [5, 5.41) is 6.21. The van der Waals surface area contributed by atoms with Crippen molar-refractivity contribution in [2.24, 2.45) is 5.10 Å². The van der Waals surface area contributed by atoms with Gasteiger partial charge >= 0.3 is 0 Å². The van der Waals surface area contributed by atoms with Crippen LogP contribution in [0.4, 0.5) is 0 Å². The minimum atomic E-state index is -0.459. The number of nitrogens with zero attached hydrogens (tertiary/aromatic N) is 1. The molecule has 1 aromatic heterocycles. The summed E-state index contributed by atoms with van der Waals surface area (Å²) in [6.45, 7) is -0.198. The number of hydrogen-bond donors (Lipinski definition) is 2. The number of carbonyl (C=O) groups excluding carboxylic acids is 2. The maximum absolute atomic E-state index is 11.6. The van der Waals surface area contributed by atoms with Crippen molar-refractivity contribution in [2.75, 3.05) is 6.54 Å². The number of allylic oxidation sites excluding steroid dienone is 1. The van der Waals surface area contributed by atoms with Crippen molar-refractivity contribution in [3.05, 3.63) is 64.5 Å². The van der Waals surface area contributed by atoms with Crippen LogP contribution in [0, 0.1) is 0 Å². The van der Waals surface area contributed by atoms with Gasteiger partial charge in [-0.3, -0.25) is 9.59 Å². The summed E-state index contributed by atoms with van der Waals surface area (Å²) in [5.41, 5.74) is 3.32. The fraction of sp³-hybridized carbons (Fsp3) is 0.0625. The van der Waals surface area contributed by atoms with E-state index in [1.807, 2.05) is 36.4 Å². The third-order valence-corrected chi connectivity index (χ3v) is 3.07. The number of hydrazone groups is 1. The van der Waals surface area contributed by atoms with E-state index in [1.54, 1.807) is 6.07 Å². The van der Waals surface area contributed by atoms with E-state index in [-0.39, 0.29) is 12.3 Å². The first-order chi connectivity index (χ1) is 11.1. The van der Waals surface area contributed by atoms with Crippen molar-refractivity contribution in [3.63, 3.8) is 0 Å². The zero-order valence-corrected chi connectivity index (χ0v) is 13.6. The summed E-state index contributed by atoms with van der Waals surface area (Å²) in [7, 11) is 0. The zero-order chi connectivity index (χ0) is 16.5.